The Kier molecular flexibility index (Phi) is 6.50. The number of carbonyl (C=O) groups is 1. The van der Waals surface area contributed by atoms with Crippen molar-refractivity contribution in [3.63, 3.8) is 0 Å². The first-order valence-electron chi connectivity index (χ1n) is 10.1. The fourth-order valence-electron chi connectivity index (χ4n) is 3.70. The average molecular weight is 458 g/mol. The summed E-state index contributed by atoms with van der Waals surface area (Å²) in [6, 6.07) is 9.39. The van der Waals surface area contributed by atoms with E-state index in [1.807, 2.05) is 44.3 Å². The fourth-order valence-corrected chi connectivity index (χ4v) is 4.75. The molecule has 162 valence electrons. The van der Waals surface area contributed by atoms with E-state index in [-0.39, 0.29) is 29.9 Å². The van der Waals surface area contributed by atoms with Gasteiger partial charge in [-0.15, -0.1) is 11.3 Å². The molecule has 0 spiro atoms. The van der Waals surface area contributed by atoms with Crippen LogP contribution >= 0.6 is 22.9 Å². The molecule has 4 atom stereocenters. The molecule has 1 aliphatic heterocycles. The standard InChI is InChI=1S/C22H24ClN5O2S/c1-12(18-11-26-21(31-18)14-4-6-15(23)7-5-14)27-22-24-9-8-17(28-22)19-16(13(2)30-3)10-25-20(19)29/h4-9,11-13,16,19H,10H2,1-3H3,(H,25,29)(H,24,27,28)/t12-,13+,16?,19+/m0/s1. The smallest absolute Gasteiger partial charge is 0.229 e. The van der Waals surface area contributed by atoms with Gasteiger partial charge in [0.05, 0.1) is 23.8 Å². The molecule has 0 radical (unpaired) electrons. The van der Waals surface area contributed by atoms with Gasteiger partial charge in [-0.3, -0.25) is 4.79 Å². The van der Waals surface area contributed by atoms with Gasteiger partial charge < -0.3 is 15.4 Å². The van der Waals surface area contributed by atoms with Gasteiger partial charge in [-0.05, 0) is 32.0 Å². The summed E-state index contributed by atoms with van der Waals surface area (Å²) in [5, 5.41) is 7.88. The van der Waals surface area contributed by atoms with Crippen LogP contribution in [0.2, 0.25) is 5.02 Å². The largest absolute Gasteiger partial charge is 0.381 e. The number of methoxy groups -OCH3 is 1. The van der Waals surface area contributed by atoms with Crippen molar-refractivity contribution < 1.29 is 9.53 Å². The summed E-state index contributed by atoms with van der Waals surface area (Å²) in [5.74, 6) is 0.131. The minimum atomic E-state index is -0.353. The number of thiazole rings is 1. The van der Waals surface area contributed by atoms with Crippen molar-refractivity contribution in [3.05, 3.63) is 58.3 Å². The number of amides is 1. The SMILES string of the molecule is CO[C@H](C)C1CNC(=O)[C@H]1c1ccnc(N[C@@H](C)c2cnc(-c3ccc(Cl)cc3)s2)n1. The first-order valence-corrected chi connectivity index (χ1v) is 11.3. The number of hydrogen-bond donors (Lipinski definition) is 2. The number of nitrogens with one attached hydrogen (secondary N) is 2. The van der Waals surface area contributed by atoms with Gasteiger partial charge in [-0.1, -0.05) is 23.7 Å². The number of carbonyl (C=O) groups excluding carboxylic acids is 1. The van der Waals surface area contributed by atoms with E-state index in [1.54, 1.807) is 30.7 Å². The number of halogens is 1. The van der Waals surface area contributed by atoms with Crippen molar-refractivity contribution in [1.29, 1.82) is 0 Å². The van der Waals surface area contributed by atoms with Gasteiger partial charge in [0, 0.05) is 47.4 Å². The zero-order valence-corrected chi connectivity index (χ0v) is 19.1. The van der Waals surface area contributed by atoms with Crippen LogP contribution in [0.1, 0.15) is 36.4 Å². The van der Waals surface area contributed by atoms with E-state index >= 15 is 0 Å². The summed E-state index contributed by atoms with van der Waals surface area (Å²) in [7, 11) is 1.66. The highest BCUT2D eigenvalue weighted by Crippen LogP contribution is 2.33. The second-order valence-corrected chi connectivity index (χ2v) is 9.07. The lowest BCUT2D eigenvalue weighted by molar-refractivity contribution is -0.121. The first-order chi connectivity index (χ1) is 15.0. The molecule has 0 bridgehead atoms. The van der Waals surface area contributed by atoms with Crippen LogP contribution in [0.25, 0.3) is 10.6 Å². The molecule has 1 amide bonds. The van der Waals surface area contributed by atoms with Gasteiger partial charge in [0.25, 0.3) is 0 Å². The summed E-state index contributed by atoms with van der Waals surface area (Å²) in [6.45, 7) is 4.59. The third-order valence-electron chi connectivity index (χ3n) is 5.58. The van der Waals surface area contributed by atoms with Crippen LogP contribution in [0.4, 0.5) is 5.95 Å². The zero-order valence-electron chi connectivity index (χ0n) is 17.5. The number of nitrogens with zero attached hydrogens (tertiary/aromatic N) is 3. The van der Waals surface area contributed by atoms with Crippen LogP contribution in [0.5, 0.6) is 0 Å². The van der Waals surface area contributed by atoms with Crippen LogP contribution in [-0.4, -0.2) is 40.6 Å². The van der Waals surface area contributed by atoms with Crippen LogP contribution in [0, 0.1) is 5.92 Å². The van der Waals surface area contributed by atoms with Crippen molar-refractivity contribution in [2.45, 2.75) is 31.9 Å². The Morgan fingerprint density at radius 3 is 2.74 bits per heavy atom. The lowest BCUT2D eigenvalue weighted by Gasteiger charge is -2.22. The van der Waals surface area contributed by atoms with Gasteiger partial charge in [-0.25, -0.2) is 15.0 Å². The van der Waals surface area contributed by atoms with Crippen LogP contribution in [0.15, 0.2) is 42.7 Å². The molecule has 1 aliphatic rings. The molecule has 0 saturated carbocycles. The molecule has 3 aromatic rings. The molecule has 2 aromatic heterocycles. The normalized spacial score (nSPS) is 20.3. The summed E-state index contributed by atoms with van der Waals surface area (Å²) >= 11 is 7.58. The highest BCUT2D eigenvalue weighted by Gasteiger charge is 2.40. The number of hydrogen-bond acceptors (Lipinski definition) is 7. The number of aromatic nitrogens is 3. The Morgan fingerprint density at radius 1 is 1.23 bits per heavy atom. The number of rotatable bonds is 7. The summed E-state index contributed by atoms with van der Waals surface area (Å²) in [5.41, 5.74) is 1.72. The third-order valence-corrected chi connectivity index (χ3v) is 7.06. The van der Waals surface area contributed by atoms with E-state index < -0.39 is 0 Å². The molecule has 9 heteroatoms. The Morgan fingerprint density at radius 2 is 2.00 bits per heavy atom. The lowest BCUT2D eigenvalue weighted by Crippen LogP contribution is -2.27. The van der Waals surface area contributed by atoms with Crippen molar-refractivity contribution in [3.8, 4) is 10.6 Å². The molecule has 1 unspecified atom stereocenters. The van der Waals surface area contributed by atoms with Crippen LogP contribution in [-0.2, 0) is 9.53 Å². The summed E-state index contributed by atoms with van der Waals surface area (Å²) in [4.78, 5) is 27.0. The van der Waals surface area contributed by atoms with E-state index in [1.165, 1.54) is 0 Å². The zero-order chi connectivity index (χ0) is 22.0. The quantitative estimate of drug-likeness (QED) is 0.550. The minimum absolute atomic E-state index is 0.0262. The topological polar surface area (TPSA) is 89.0 Å². The maximum atomic E-state index is 12.5. The fraction of sp³-hybridized carbons (Fsp3) is 0.364. The molecule has 1 fully saturated rings. The maximum Gasteiger partial charge on any atom is 0.229 e. The van der Waals surface area contributed by atoms with Gasteiger partial charge in [0.1, 0.15) is 5.01 Å². The summed E-state index contributed by atoms with van der Waals surface area (Å²) < 4.78 is 5.47. The number of ether oxygens (including phenoxy) is 1. The predicted molar refractivity (Wildman–Crippen MR) is 122 cm³/mol. The van der Waals surface area contributed by atoms with Crippen molar-refractivity contribution in [1.82, 2.24) is 20.3 Å². The minimum Gasteiger partial charge on any atom is -0.381 e. The average Bonchev–Trinajstić information content (AvgIpc) is 3.41. The summed E-state index contributed by atoms with van der Waals surface area (Å²) in [6.07, 6.45) is 3.48. The molecule has 1 saturated heterocycles. The Hall–Kier alpha value is -2.55. The van der Waals surface area contributed by atoms with Crippen LogP contribution in [0.3, 0.4) is 0 Å². The number of benzene rings is 1. The predicted octanol–water partition coefficient (Wildman–Crippen LogP) is 4.29. The van der Waals surface area contributed by atoms with E-state index in [9.17, 15) is 4.79 Å². The molecule has 2 N–H and O–H groups in total. The molecule has 4 rings (SSSR count). The van der Waals surface area contributed by atoms with Crippen molar-refractivity contribution >= 4 is 34.8 Å². The second-order valence-electron chi connectivity index (χ2n) is 7.57. The molecular formula is C22H24ClN5O2S. The third kappa shape index (κ3) is 4.71. The first kappa shape index (κ1) is 21.7. The van der Waals surface area contributed by atoms with Gasteiger partial charge in [-0.2, -0.15) is 0 Å². The van der Waals surface area contributed by atoms with E-state index in [2.05, 4.69) is 25.6 Å². The maximum absolute atomic E-state index is 12.5. The molecular weight excluding hydrogens is 434 g/mol. The van der Waals surface area contributed by atoms with E-state index in [4.69, 9.17) is 16.3 Å². The van der Waals surface area contributed by atoms with Crippen LogP contribution < -0.4 is 10.6 Å². The second kappa shape index (κ2) is 9.30. The Labute approximate surface area is 190 Å². The molecule has 7 nitrogen and oxygen atoms in total. The lowest BCUT2D eigenvalue weighted by atomic mass is 9.88. The monoisotopic (exact) mass is 457 g/mol. The van der Waals surface area contributed by atoms with Gasteiger partial charge >= 0.3 is 0 Å². The van der Waals surface area contributed by atoms with E-state index in [0.717, 1.165) is 15.4 Å². The van der Waals surface area contributed by atoms with E-state index in [0.29, 0.717) is 23.2 Å². The highest BCUT2D eigenvalue weighted by molar-refractivity contribution is 7.15. The molecule has 1 aromatic carbocycles. The van der Waals surface area contributed by atoms with Gasteiger partial charge in [0.2, 0.25) is 11.9 Å². The van der Waals surface area contributed by atoms with Gasteiger partial charge in [0.15, 0.2) is 0 Å². The van der Waals surface area contributed by atoms with Crippen molar-refractivity contribution in [2.24, 2.45) is 5.92 Å². The Balaban J connectivity index is 1.50. The Bertz CT molecular complexity index is 1060. The molecule has 0 aliphatic carbocycles. The highest BCUT2D eigenvalue weighted by atomic mass is 35.5. The molecule has 31 heavy (non-hydrogen) atoms. The number of anilines is 1. The van der Waals surface area contributed by atoms with Crippen molar-refractivity contribution in [2.75, 3.05) is 19.0 Å². The molecule has 3 heterocycles.